The van der Waals surface area contributed by atoms with Crippen LogP contribution in [0.25, 0.3) is 10.2 Å². The second-order valence-corrected chi connectivity index (χ2v) is 10.3. The van der Waals surface area contributed by atoms with Crippen molar-refractivity contribution in [2.24, 2.45) is 0 Å². The van der Waals surface area contributed by atoms with Crippen molar-refractivity contribution in [3.8, 4) is 5.75 Å². The number of amides is 2. The molecule has 0 radical (unpaired) electrons. The highest BCUT2D eigenvalue weighted by Crippen LogP contribution is 2.38. The topological polar surface area (TPSA) is 93.2 Å². The number of aromatic nitrogens is 2. The van der Waals surface area contributed by atoms with Gasteiger partial charge in [-0.25, -0.2) is 9.97 Å². The Morgan fingerprint density at radius 3 is 2.65 bits per heavy atom. The maximum absolute atomic E-state index is 13.2. The fourth-order valence-electron chi connectivity index (χ4n) is 4.01. The van der Waals surface area contributed by atoms with E-state index in [9.17, 15) is 9.59 Å². The number of hydrogen-bond donors (Lipinski definition) is 2. The van der Waals surface area contributed by atoms with E-state index in [0.29, 0.717) is 28.9 Å². The second-order valence-electron chi connectivity index (χ2n) is 8.16. The van der Waals surface area contributed by atoms with Crippen molar-refractivity contribution in [1.29, 1.82) is 0 Å². The number of carbonyl (C=O) groups excluding carboxylic acids is 2. The summed E-state index contributed by atoms with van der Waals surface area (Å²) in [5.41, 5.74) is 3.25. The van der Waals surface area contributed by atoms with Crippen LogP contribution in [0.15, 0.2) is 42.5 Å². The summed E-state index contributed by atoms with van der Waals surface area (Å²) in [4.78, 5) is 36.0. The summed E-state index contributed by atoms with van der Waals surface area (Å²) in [6.45, 7) is 4.52. The van der Waals surface area contributed by atoms with Gasteiger partial charge in [-0.05, 0) is 63.4 Å². The molecule has 34 heavy (non-hydrogen) atoms. The molecule has 0 saturated heterocycles. The van der Waals surface area contributed by atoms with Gasteiger partial charge in [0.05, 0.1) is 28.4 Å². The molecule has 0 bridgehead atoms. The van der Waals surface area contributed by atoms with E-state index in [-0.39, 0.29) is 17.7 Å². The van der Waals surface area contributed by atoms with E-state index >= 15 is 0 Å². The van der Waals surface area contributed by atoms with Crippen molar-refractivity contribution in [3.63, 3.8) is 0 Å². The Labute approximate surface area is 205 Å². The molecule has 1 atom stereocenters. The standard InChI is InChI=1S/C25H24N4O3S2/c1-3-32-16-11-12-18-20(13-16)34-24(26-18)29-23(31)17-5-4-6-19-21(17)27-25(33-19)28-22(30)15-9-7-14(2)8-10-15/h7-13,17H,3-6H2,1-2H3,(H,26,29,31)(H,27,28,30). The van der Waals surface area contributed by atoms with Crippen molar-refractivity contribution >= 4 is 55.0 Å². The van der Waals surface area contributed by atoms with Crippen LogP contribution < -0.4 is 15.4 Å². The Morgan fingerprint density at radius 2 is 1.85 bits per heavy atom. The van der Waals surface area contributed by atoms with E-state index < -0.39 is 0 Å². The first-order valence-corrected chi connectivity index (χ1v) is 12.9. The Hall–Kier alpha value is -3.30. The first-order chi connectivity index (χ1) is 16.5. The van der Waals surface area contributed by atoms with Crippen molar-refractivity contribution in [3.05, 3.63) is 64.2 Å². The monoisotopic (exact) mass is 492 g/mol. The smallest absolute Gasteiger partial charge is 0.257 e. The van der Waals surface area contributed by atoms with E-state index in [1.807, 2.05) is 44.2 Å². The predicted octanol–water partition coefficient (Wildman–Crippen LogP) is 5.77. The number of fused-ring (bicyclic) bond motifs is 2. The lowest BCUT2D eigenvalue weighted by atomic mass is 9.90. The first kappa shape index (κ1) is 22.5. The van der Waals surface area contributed by atoms with Crippen LogP contribution >= 0.6 is 22.7 Å². The Bertz CT molecular complexity index is 1360. The van der Waals surface area contributed by atoms with Crippen molar-refractivity contribution < 1.29 is 14.3 Å². The van der Waals surface area contributed by atoms with Crippen LogP contribution in [0.5, 0.6) is 5.75 Å². The van der Waals surface area contributed by atoms with E-state index in [1.54, 1.807) is 12.1 Å². The van der Waals surface area contributed by atoms with Crippen LogP contribution in [0.4, 0.5) is 10.3 Å². The van der Waals surface area contributed by atoms with Gasteiger partial charge in [-0.3, -0.25) is 14.9 Å². The highest BCUT2D eigenvalue weighted by Gasteiger charge is 2.31. The average molecular weight is 493 g/mol. The third-order valence-corrected chi connectivity index (χ3v) is 7.69. The molecule has 4 aromatic rings. The van der Waals surface area contributed by atoms with E-state index in [1.165, 1.54) is 22.7 Å². The third kappa shape index (κ3) is 4.67. The second kappa shape index (κ2) is 9.52. The van der Waals surface area contributed by atoms with E-state index in [4.69, 9.17) is 4.74 Å². The fraction of sp³-hybridized carbons (Fsp3) is 0.280. The van der Waals surface area contributed by atoms with Gasteiger partial charge in [-0.1, -0.05) is 29.0 Å². The minimum atomic E-state index is -0.365. The Balaban J connectivity index is 1.31. The zero-order valence-corrected chi connectivity index (χ0v) is 20.5. The summed E-state index contributed by atoms with van der Waals surface area (Å²) in [5, 5.41) is 6.96. The molecule has 2 heterocycles. The summed E-state index contributed by atoms with van der Waals surface area (Å²) in [7, 11) is 0. The van der Waals surface area contributed by atoms with Crippen LogP contribution in [0.1, 0.15) is 52.2 Å². The molecule has 7 nitrogen and oxygen atoms in total. The summed E-state index contributed by atoms with van der Waals surface area (Å²) in [5.74, 6) is 0.104. The number of thiazole rings is 2. The fourth-order valence-corrected chi connectivity index (χ4v) is 5.97. The minimum absolute atomic E-state index is 0.119. The number of nitrogens with zero attached hydrogens (tertiary/aromatic N) is 2. The number of nitrogens with one attached hydrogen (secondary N) is 2. The van der Waals surface area contributed by atoms with Crippen molar-refractivity contribution in [2.75, 3.05) is 17.2 Å². The van der Waals surface area contributed by atoms with Crippen LogP contribution in [0.3, 0.4) is 0 Å². The van der Waals surface area contributed by atoms with Gasteiger partial charge in [0.2, 0.25) is 5.91 Å². The molecule has 0 aliphatic heterocycles. The molecule has 2 amide bonds. The quantitative estimate of drug-likeness (QED) is 0.356. The average Bonchev–Trinajstić information content (AvgIpc) is 3.41. The number of rotatable bonds is 6. The molecule has 2 N–H and O–H groups in total. The number of aryl methyl sites for hydroxylation is 2. The number of ether oxygens (including phenoxy) is 1. The lowest BCUT2D eigenvalue weighted by molar-refractivity contribution is -0.117. The molecule has 1 aliphatic rings. The molecule has 2 aromatic carbocycles. The molecule has 2 aromatic heterocycles. The maximum atomic E-state index is 13.2. The van der Waals surface area contributed by atoms with Gasteiger partial charge in [0.15, 0.2) is 10.3 Å². The van der Waals surface area contributed by atoms with Crippen LogP contribution in [0, 0.1) is 6.92 Å². The first-order valence-electron chi connectivity index (χ1n) is 11.2. The van der Waals surface area contributed by atoms with E-state index in [2.05, 4.69) is 20.6 Å². The number of anilines is 2. The van der Waals surface area contributed by atoms with Gasteiger partial charge in [-0.2, -0.15) is 0 Å². The predicted molar refractivity (Wildman–Crippen MR) is 136 cm³/mol. The zero-order chi connectivity index (χ0) is 23.7. The van der Waals surface area contributed by atoms with Gasteiger partial charge >= 0.3 is 0 Å². The molecule has 1 aliphatic carbocycles. The van der Waals surface area contributed by atoms with E-state index in [0.717, 1.165) is 44.9 Å². The summed E-state index contributed by atoms with van der Waals surface area (Å²) < 4.78 is 6.51. The van der Waals surface area contributed by atoms with Crippen LogP contribution in [0.2, 0.25) is 0 Å². The molecule has 5 rings (SSSR count). The summed E-state index contributed by atoms with van der Waals surface area (Å²) in [6.07, 6.45) is 2.47. The Kier molecular flexibility index (Phi) is 6.30. The van der Waals surface area contributed by atoms with Crippen LogP contribution in [-0.2, 0) is 11.2 Å². The molecular formula is C25H24N4O3S2. The highest BCUT2D eigenvalue weighted by atomic mass is 32.1. The molecule has 0 fully saturated rings. The van der Waals surface area contributed by atoms with Gasteiger partial charge in [0, 0.05) is 10.4 Å². The van der Waals surface area contributed by atoms with Crippen molar-refractivity contribution in [1.82, 2.24) is 9.97 Å². The normalized spacial score (nSPS) is 15.1. The minimum Gasteiger partial charge on any atom is -0.494 e. The number of carbonyl (C=O) groups is 2. The van der Waals surface area contributed by atoms with Gasteiger partial charge in [0.1, 0.15) is 5.75 Å². The van der Waals surface area contributed by atoms with Gasteiger partial charge in [-0.15, -0.1) is 11.3 Å². The number of hydrogen-bond acceptors (Lipinski definition) is 7. The lowest BCUT2D eigenvalue weighted by Gasteiger charge is -2.19. The van der Waals surface area contributed by atoms with Crippen molar-refractivity contribution in [2.45, 2.75) is 39.0 Å². The number of benzene rings is 2. The summed E-state index contributed by atoms with van der Waals surface area (Å²) in [6, 6.07) is 13.1. The lowest BCUT2D eigenvalue weighted by Crippen LogP contribution is -2.24. The highest BCUT2D eigenvalue weighted by molar-refractivity contribution is 7.22. The zero-order valence-electron chi connectivity index (χ0n) is 18.9. The molecule has 9 heteroatoms. The summed E-state index contributed by atoms with van der Waals surface area (Å²) >= 11 is 2.87. The molecule has 1 unspecified atom stereocenters. The maximum Gasteiger partial charge on any atom is 0.257 e. The molecular weight excluding hydrogens is 468 g/mol. The molecule has 0 saturated carbocycles. The third-order valence-electron chi connectivity index (χ3n) is 5.71. The molecule has 0 spiro atoms. The van der Waals surface area contributed by atoms with Crippen LogP contribution in [-0.4, -0.2) is 28.4 Å². The van der Waals surface area contributed by atoms with Gasteiger partial charge < -0.3 is 10.1 Å². The molecule has 174 valence electrons. The largest absolute Gasteiger partial charge is 0.494 e. The Morgan fingerprint density at radius 1 is 1.06 bits per heavy atom. The SMILES string of the molecule is CCOc1ccc2nc(NC(=O)C3CCCc4sc(NC(=O)c5ccc(C)cc5)nc43)sc2c1. The van der Waals surface area contributed by atoms with Gasteiger partial charge in [0.25, 0.3) is 5.91 Å².